The zero-order chi connectivity index (χ0) is 18.6. The van der Waals surface area contributed by atoms with Crippen LogP contribution < -0.4 is 10.1 Å². The molecular weight excluding hydrogens is 328 g/mol. The molecule has 1 N–H and O–H groups in total. The Morgan fingerprint density at radius 2 is 1.92 bits per heavy atom. The number of hydrogen-bond acceptors (Lipinski definition) is 4. The number of rotatable bonds is 5. The largest absolute Gasteiger partial charge is 0.490 e. The first kappa shape index (κ1) is 19.2. The fourth-order valence-electron chi connectivity index (χ4n) is 4.13. The number of likely N-dealkylation sites (tertiary alicyclic amines) is 1. The van der Waals surface area contributed by atoms with Crippen LogP contribution in [-0.2, 0) is 9.53 Å². The Hall–Kier alpha value is -1.59. The number of carbonyl (C=O) groups is 1. The second-order valence-electron chi connectivity index (χ2n) is 7.84. The molecular formula is C21H32N2O3. The van der Waals surface area contributed by atoms with Gasteiger partial charge in [0.1, 0.15) is 11.9 Å². The van der Waals surface area contributed by atoms with Crippen LogP contribution in [0.1, 0.15) is 36.8 Å². The highest BCUT2D eigenvalue weighted by atomic mass is 16.5. The van der Waals surface area contributed by atoms with Gasteiger partial charge < -0.3 is 19.7 Å². The second-order valence-corrected chi connectivity index (χ2v) is 7.84. The molecule has 5 heteroatoms. The monoisotopic (exact) mass is 360 g/mol. The quantitative estimate of drug-likeness (QED) is 0.877. The maximum atomic E-state index is 13.2. The van der Waals surface area contributed by atoms with Crippen molar-refractivity contribution >= 4 is 5.91 Å². The van der Waals surface area contributed by atoms with Gasteiger partial charge in [0.05, 0.1) is 12.0 Å². The number of piperidine rings is 2. The molecule has 144 valence electrons. The van der Waals surface area contributed by atoms with Gasteiger partial charge >= 0.3 is 0 Å². The molecule has 0 atom stereocenters. The van der Waals surface area contributed by atoms with Crippen LogP contribution in [0.3, 0.4) is 0 Å². The lowest BCUT2D eigenvalue weighted by molar-refractivity contribution is -0.149. The van der Waals surface area contributed by atoms with E-state index in [1.807, 2.05) is 4.90 Å². The lowest BCUT2D eigenvalue weighted by Crippen LogP contribution is -2.54. The van der Waals surface area contributed by atoms with Crippen LogP contribution in [0.4, 0.5) is 0 Å². The fourth-order valence-corrected chi connectivity index (χ4v) is 4.13. The molecule has 1 aromatic carbocycles. The van der Waals surface area contributed by atoms with Crippen LogP contribution in [0.15, 0.2) is 18.2 Å². The van der Waals surface area contributed by atoms with Crippen molar-refractivity contribution in [3.05, 3.63) is 29.3 Å². The van der Waals surface area contributed by atoms with Gasteiger partial charge in [-0.15, -0.1) is 0 Å². The van der Waals surface area contributed by atoms with Gasteiger partial charge in [0, 0.05) is 33.0 Å². The van der Waals surface area contributed by atoms with Crippen LogP contribution in [0, 0.1) is 19.3 Å². The molecule has 2 heterocycles. The number of amides is 1. The smallest absolute Gasteiger partial charge is 0.231 e. The minimum Gasteiger partial charge on any atom is -0.490 e. The molecule has 2 fully saturated rings. The third-order valence-electron chi connectivity index (χ3n) is 5.80. The van der Waals surface area contributed by atoms with Gasteiger partial charge in [-0.2, -0.15) is 0 Å². The van der Waals surface area contributed by atoms with Crippen molar-refractivity contribution in [1.29, 1.82) is 0 Å². The van der Waals surface area contributed by atoms with Gasteiger partial charge in [-0.3, -0.25) is 4.79 Å². The Balaban J connectivity index is 1.59. The topological polar surface area (TPSA) is 50.8 Å². The van der Waals surface area contributed by atoms with Crippen molar-refractivity contribution in [3.63, 3.8) is 0 Å². The summed E-state index contributed by atoms with van der Waals surface area (Å²) in [6.45, 7) is 8.01. The average molecular weight is 360 g/mol. The first-order valence-corrected chi connectivity index (χ1v) is 9.77. The van der Waals surface area contributed by atoms with E-state index in [4.69, 9.17) is 9.47 Å². The van der Waals surface area contributed by atoms with Crippen LogP contribution in [-0.4, -0.2) is 56.8 Å². The van der Waals surface area contributed by atoms with E-state index in [0.29, 0.717) is 6.61 Å². The number of aryl methyl sites for hydroxylation is 2. The maximum Gasteiger partial charge on any atom is 0.231 e. The molecule has 1 amide bonds. The zero-order valence-corrected chi connectivity index (χ0v) is 16.3. The Morgan fingerprint density at radius 3 is 2.58 bits per heavy atom. The van der Waals surface area contributed by atoms with Crippen LogP contribution in [0.25, 0.3) is 0 Å². The molecule has 0 aliphatic carbocycles. The number of ether oxygens (including phenoxy) is 2. The van der Waals surface area contributed by atoms with Crippen LogP contribution in [0.5, 0.6) is 5.75 Å². The third kappa shape index (κ3) is 4.21. The van der Waals surface area contributed by atoms with E-state index in [2.05, 4.69) is 37.4 Å². The first-order chi connectivity index (χ1) is 12.5. The summed E-state index contributed by atoms with van der Waals surface area (Å²) in [5, 5.41) is 3.35. The molecule has 0 unspecified atom stereocenters. The predicted octanol–water partition coefficient (Wildman–Crippen LogP) is 2.69. The number of carbonyl (C=O) groups excluding carboxylic acids is 1. The highest BCUT2D eigenvalue weighted by Crippen LogP contribution is 2.33. The Labute approximate surface area is 157 Å². The van der Waals surface area contributed by atoms with Crippen LogP contribution >= 0.6 is 0 Å². The summed E-state index contributed by atoms with van der Waals surface area (Å²) < 4.78 is 11.7. The summed E-state index contributed by atoms with van der Waals surface area (Å²) in [5.74, 6) is 1.25. The Morgan fingerprint density at radius 1 is 1.23 bits per heavy atom. The third-order valence-corrected chi connectivity index (χ3v) is 5.80. The molecule has 3 rings (SSSR count). The molecule has 0 saturated carbocycles. The van der Waals surface area contributed by atoms with Gasteiger partial charge in [-0.1, -0.05) is 12.1 Å². The van der Waals surface area contributed by atoms with Crippen molar-refractivity contribution in [3.8, 4) is 5.75 Å². The summed E-state index contributed by atoms with van der Waals surface area (Å²) in [6.07, 6.45) is 3.68. The number of methoxy groups -OCH3 is 1. The molecule has 5 nitrogen and oxygen atoms in total. The van der Waals surface area contributed by atoms with E-state index in [9.17, 15) is 4.79 Å². The number of nitrogens with one attached hydrogen (secondary N) is 1. The SMILES string of the molecule is COCC1(C(=O)N2CCC(Oc3cc(C)ccc3C)CC2)CCNCC1. The van der Waals surface area contributed by atoms with Crippen molar-refractivity contribution in [2.45, 2.75) is 45.6 Å². The standard InChI is InChI=1S/C21H32N2O3/c1-16-4-5-17(2)19(14-16)26-18-6-12-23(13-7-18)20(24)21(15-25-3)8-10-22-11-9-21/h4-5,14,18,22H,6-13,15H2,1-3H3. The Kier molecular flexibility index (Phi) is 6.20. The van der Waals surface area contributed by atoms with E-state index in [1.165, 1.54) is 11.1 Å². The maximum absolute atomic E-state index is 13.2. The summed E-state index contributed by atoms with van der Waals surface area (Å²) in [5.41, 5.74) is 2.04. The first-order valence-electron chi connectivity index (χ1n) is 9.77. The summed E-state index contributed by atoms with van der Waals surface area (Å²) in [6, 6.07) is 6.32. The number of nitrogens with zero attached hydrogens (tertiary/aromatic N) is 1. The van der Waals surface area contributed by atoms with E-state index in [0.717, 1.165) is 57.6 Å². The van der Waals surface area contributed by atoms with Crippen molar-refractivity contribution < 1.29 is 14.3 Å². The lowest BCUT2D eigenvalue weighted by Gasteiger charge is -2.42. The normalized spacial score (nSPS) is 20.8. The van der Waals surface area contributed by atoms with E-state index in [1.54, 1.807) is 7.11 Å². The highest BCUT2D eigenvalue weighted by molar-refractivity contribution is 5.83. The minimum absolute atomic E-state index is 0.186. The predicted molar refractivity (Wildman–Crippen MR) is 103 cm³/mol. The van der Waals surface area contributed by atoms with Crippen molar-refractivity contribution in [2.75, 3.05) is 39.9 Å². The number of hydrogen-bond donors (Lipinski definition) is 1. The minimum atomic E-state index is -0.346. The summed E-state index contributed by atoms with van der Waals surface area (Å²) >= 11 is 0. The Bertz CT molecular complexity index is 612. The van der Waals surface area contributed by atoms with Gasteiger partial charge in [0.2, 0.25) is 5.91 Å². The van der Waals surface area contributed by atoms with Gasteiger partial charge in [0.25, 0.3) is 0 Å². The molecule has 26 heavy (non-hydrogen) atoms. The molecule has 0 spiro atoms. The lowest BCUT2D eigenvalue weighted by atomic mass is 9.78. The van der Waals surface area contributed by atoms with E-state index >= 15 is 0 Å². The van der Waals surface area contributed by atoms with Crippen LogP contribution in [0.2, 0.25) is 0 Å². The molecule has 0 aromatic heterocycles. The second kappa shape index (κ2) is 8.40. The molecule has 0 radical (unpaired) electrons. The molecule has 2 aliphatic heterocycles. The van der Waals surface area contributed by atoms with Crippen molar-refractivity contribution in [1.82, 2.24) is 10.2 Å². The zero-order valence-electron chi connectivity index (χ0n) is 16.3. The van der Waals surface area contributed by atoms with E-state index < -0.39 is 0 Å². The average Bonchev–Trinajstić information content (AvgIpc) is 2.66. The van der Waals surface area contributed by atoms with E-state index in [-0.39, 0.29) is 17.4 Å². The molecule has 1 aromatic rings. The molecule has 0 bridgehead atoms. The van der Waals surface area contributed by atoms with Gasteiger partial charge in [-0.25, -0.2) is 0 Å². The molecule has 2 saturated heterocycles. The van der Waals surface area contributed by atoms with Gasteiger partial charge in [0.15, 0.2) is 0 Å². The number of benzene rings is 1. The molecule has 2 aliphatic rings. The van der Waals surface area contributed by atoms with Crippen molar-refractivity contribution in [2.24, 2.45) is 5.41 Å². The van der Waals surface area contributed by atoms with Gasteiger partial charge in [-0.05, 0) is 57.0 Å². The summed E-state index contributed by atoms with van der Waals surface area (Å²) in [4.78, 5) is 15.2. The highest BCUT2D eigenvalue weighted by Gasteiger charge is 2.43. The summed E-state index contributed by atoms with van der Waals surface area (Å²) in [7, 11) is 1.70. The fraction of sp³-hybridized carbons (Fsp3) is 0.667.